The lowest BCUT2D eigenvalue weighted by molar-refractivity contribution is -0.464. The van der Waals surface area contributed by atoms with E-state index in [-0.39, 0.29) is 6.15 Å². The number of hydrogen-bond donors (Lipinski definition) is 1. The molecular formula is C20H12F34NO4P. The monoisotopic (exact) mass is 1010 g/mol. The van der Waals surface area contributed by atoms with Crippen molar-refractivity contribution in [3.8, 4) is 0 Å². The Balaban J connectivity index is 0. The van der Waals surface area contributed by atoms with Crippen molar-refractivity contribution in [3.05, 3.63) is 0 Å². The predicted octanol–water partition coefficient (Wildman–Crippen LogP) is 11.7. The fourth-order valence-electron chi connectivity index (χ4n) is 3.41. The second kappa shape index (κ2) is 15.2. The van der Waals surface area contributed by atoms with Gasteiger partial charge in [0.05, 0.1) is 0 Å². The molecule has 0 rings (SSSR count). The van der Waals surface area contributed by atoms with Crippen molar-refractivity contribution in [2.75, 3.05) is 0 Å². The van der Waals surface area contributed by atoms with Gasteiger partial charge in [-0.2, -0.15) is 149 Å². The summed E-state index contributed by atoms with van der Waals surface area (Å²) < 4.78 is 472. The number of rotatable bonds is 18. The van der Waals surface area contributed by atoms with Crippen molar-refractivity contribution >= 4 is 7.82 Å². The molecule has 0 aromatic carbocycles. The number of alkyl halides is 34. The van der Waals surface area contributed by atoms with Gasteiger partial charge in [0.2, 0.25) is 0 Å². The highest BCUT2D eigenvalue weighted by molar-refractivity contribution is 7.45. The van der Waals surface area contributed by atoms with Crippen LogP contribution >= 0.6 is 7.82 Å². The number of halogens is 34. The van der Waals surface area contributed by atoms with Gasteiger partial charge in [-0.25, -0.2) is 0 Å². The first-order valence-electron chi connectivity index (χ1n) is 12.9. The predicted molar refractivity (Wildman–Crippen MR) is 116 cm³/mol. The third-order valence-corrected chi connectivity index (χ3v) is 8.24. The summed E-state index contributed by atoms with van der Waals surface area (Å²) in [6, 6.07) is 0. The molecule has 0 aliphatic rings. The summed E-state index contributed by atoms with van der Waals surface area (Å²) in [6.45, 7) is -2.68. The van der Waals surface area contributed by atoms with Crippen LogP contribution in [0.3, 0.4) is 0 Å². The van der Waals surface area contributed by atoms with Crippen molar-refractivity contribution in [3.63, 3.8) is 0 Å². The van der Waals surface area contributed by atoms with E-state index < -0.39 is 129 Å². The summed E-state index contributed by atoms with van der Waals surface area (Å²) in [5.74, 6) is -125. The maximum Gasteiger partial charge on any atom is 0.460 e. The molecule has 0 saturated heterocycles. The van der Waals surface area contributed by atoms with Gasteiger partial charge in [-0.05, 0) is 13.8 Å². The SMILES string of the molecule is CC(OP(=O)([O-])OC(C)C(F)(F)C(F)(F)C(F)(F)C(F)(F)C(F)(F)C(F)(F)C(F)(F)C(F)(F)F)C(F)(F)C(F)(F)C(F)(F)C(F)(F)C(F)(F)C(F)(F)C(F)(F)C(F)(F)F.[NH4+]. The van der Waals surface area contributed by atoms with E-state index in [4.69, 9.17) is 0 Å². The van der Waals surface area contributed by atoms with Gasteiger partial charge in [-0.3, -0.25) is 4.57 Å². The van der Waals surface area contributed by atoms with E-state index >= 15 is 0 Å². The first kappa shape index (κ1) is 59.8. The molecule has 0 bridgehead atoms. The molecule has 2 unspecified atom stereocenters. The maximum atomic E-state index is 14.2. The zero-order valence-corrected chi connectivity index (χ0v) is 28.0. The van der Waals surface area contributed by atoms with E-state index in [0.717, 1.165) is 0 Å². The van der Waals surface area contributed by atoms with Crippen LogP contribution in [0.5, 0.6) is 0 Å². The van der Waals surface area contributed by atoms with Crippen LogP contribution in [0, 0.1) is 0 Å². The number of hydrogen-bond acceptors (Lipinski definition) is 4. The quantitative estimate of drug-likeness (QED) is 0.109. The molecule has 364 valence electrons. The Kier molecular flexibility index (Phi) is 15.1. The van der Waals surface area contributed by atoms with Crippen LogP contribution in [0.25, 0.3) is 0 Å². The zero-order chi connectivity index (χ0) is 49.1. The molecule has 0 radical (unpaired) electrons. The maximum absolute atomic E-state index is 14.2. The molecule has 0 fully saturated rings. The molecule has 4 N–H and O–H groups in total. The highest BCUT2D eigenvalue weighted by Gasteiger charge is 2.97. The first-order valence-corrected chi connectivity index (χ1v) is 14.3. The summed E-state index contributed by atoms with van der Waals surface area (Å²) in [7, 11) is -8.25. The lowest BCUT2D eigenvalue weighted by atomic mass is 9.88. The Bertz CT molecular complexity index is 1450. The van der Waals surface area contributed by atoms with E-state index in [1.165, 1.54) is 0 Å². The minimum Gasteiger partial charge on any atom is -0.756 e. The summed E-state index contributed by atoms with van der Waals surface area (Å²) in [5.41, 5.74) is 0. The van der Waals surface area contributed by atoms with Gasteiger partial charge >= 0.3 is 95.3 Å². The molecule has 2 atom stereocenters. The highest BCUT2D eigenvalue weighted by atomic mass is 31.2. The first-order chi connectivity index (χ1) is 24.8. The normalized spacial score (nSPS) is 18.5. The van der Waals surface area contributed by atoms with Crippen molar-refractivity contribution < 1.29 is 168 Å². The topological polar surface area (TPSA) is 95.1 Å². The molecule has 0 amide bonds. The fourth-order valence-corrected chi connectivity index (χ4v) is 4.50. The van der Waals surface area contributed by atoms with Crippen LogP contribution in [0.2, 0.25) is 0 Å². The van der Waals surface area contributed by atoms with Crippen molar-refractivity contribution in [2.24, 2.45) is 0 Å². The van der Waals surface area contributed by atoms with E-state index in [0.29, 0.717) is 0 Å². The Hall–Kier alpha value is -2.31. The molecule has 0 saturated carbocycles. The molecule has 0 aromatic heterocycles. The van der Waals surface area contributed by atoms with Gasteiger partial charge in [0.15, 0.2) is 0 Å². The third-order valence-electron chi connectivity index (χ3n) is 7.09. The van der Waals surface area contributed by atoms with Crippen LogP contribution in [0.4, 0.5) is 149 Å². The molecular weight excluding hydrogens is 995 g/mol. The van der Waals surface area contributed by atoms with Crippen molar-refractivity contribution in [2.45, 2.75) is 121 Å². The average Bonchev–Trinajstić information content (AvgIpc) is 2.97. The molecule has 5 nitrogen and oxygen atoms in total. The highest BCUT2D eigenvalue weighted by Crippen LogP contribution is 2.67. The standard InChI is InChI=1S/C20H9F34O4P.H3N/c1-3(5(21,22)7(25,26)9(29,30)11(33,34)13(37,38)15(41,42)17(45,46)19(49,50)51)57-59(55,56)58-4(2)6(23,24)8(27,28)10(31,32)12(35,36)14(39,40)16(43,44)18(47,48)20(52,53)54;/h3-4H,1-2H3,(H,55,56);1H3. The summed E-state index contributed by atoms with van der Waals surface area (Å²) >= 11 is 0. The Morgan fingerprint density at radius 3 is 0.600 bits per heavy atom. The van der Waals surface area contributed by atoms with Gasteiger partial charge in [-0.15, -0.1) is 0 Å². The Morgan fingerprint density at radius 1 is 0.317 bits per heavy atom. The van der Waals surface area contributed by atoms with E-state index in [1.54, 1.807) is 0 Å². The van der Waals surface area contributed by atoms with Gasteiger partial charge in [0, 0.05) is 0 Å². The number of phosphoric acid groups is 1. The lowest BCUT2D eigenvalue weighted by Crippen LogP contribution is -2.75. The van der Waals surface area contributed by atoms with E-state index in [2.05, 4.69) is 9.05 Å². The Labute approximate surface area is 304 Å². The third kappa shape index (κ3) is 7.85. The average molecular weight is 1010 g/mol. The van der Waals surface area contributed by atoms with Gasteiger partial charge < -0.3 is 20.1 Å². The minimum atomic E-state index is -9.33. The smallest absolute Gasteiger partial charge is 0.460 e. The molecule has 0 aliphatic carbocycles. The summed E-state index contributed by atoms with van der Waals surface area (Å²) in [6.07, 6.45) is -27.1. The second-order valence-corrected chi connectivity index (χ2v) is 12.4. The van der Waals surface area contributed by atoms with Crippen LogP contribution in [-0.2, 0) is 13.6 Å². The van der Waals surface area contributed by atoms with Gasteiger partial charge in [0.25, 0.3) is 7.82 Å². The number of phosphoric ester groups is 1. The summed E-state index contributed by atoms with van der Waals surface area (Å²) in [5, 5.41) is 0. The van der Waals surface area contributed by atoms with Crippen LogP contribution in [-0.4, -0.2) is 107 Å². The Morgan fingerprint density at radius 2 is 0.450 bits per heavy atom. The van der Waals surface area contributed by atoms with Crippen LogP contribution < -0.4 is 11.0 Å². The van der Waals surface area contributed by atoms with Crippen LogP contribution in [0.15, 0.2) is 0 Å². The van der Waals surface area contributed by atoms with Crippen molar-refractivity contribution in [1.29, 1.82) is 0 Å². The second-order valence-electron chi connectivity index (χ2n) is 11.1. The van der Waals surface area contributed by atoms with Crippen molar-refractivity contribution in [1.82, 2.24) is 6.15 Å². The van der Waals surface area contributed by atoms with E-state index in [9.17, 15) is 159 Å². The molecule has 0 aromatic rings. The summed E-state index contributed by atoms with van der Waals surface area (Å²) in [4.78, 5) is 11.6. The lowest BCUT2D eigenvalue weighted by Gasteiger charge is -2.44. The minimum absolute atomic E-state index is 0. The fraction of sp³-hybridized carbons (Fsp3) is 1.00. The molecule has 0 heterocycles. The molecule has 0 aliphatic heterocycles. The number of quaternary nitrogens is 1. The van der Waals surface area contributed by atoms with Crippen LogP contribution in [0.1, 0.15) is 13.8 Å². The molecule has 60 heavy (non-hydrogen) atoms. The molecule has 0 spiro atoms. The largest absolute Gasteiger partial charge is 0.756 e. The van der Waals surface area contributed by atoms with E-state index in [1.807, 2.05) is 0 Å². The van der Waals surface area contributed by atoms with Gasteiger partial charge in [-0.1, -0.05) is 0 Å². The molecule has 40 heteroatoms. The van der Waals surface area contributed by atoms with Gasteiger partial charge in [0.1, 0.15) is 12.2 Å². The zero-order valence-electron chi connectivity index (χ0n) is 27.1.